The van der Waals surface area contributed by atoms with E-state index in [1.807, 2.05) is 19.1 Å². The number of aryl methyl sites for hydroxylation is 1. The van der Waals surface area contributed by atoms with Crippen molar-refractivity contribution < 1.29 is 9.47 Å². The zero-order valence-corrected chi connectivity index (χ0v) is 20.0. The minimum atomic E-state index is 0.222. The Labute approximate surface area is 197 Å². The van der Waals surface area contributed by atoms with E-state index in [1.54, 1.807) is 25.4 Å². The van der Waals surface area contributed by atoms with Gasteiger partial charge in [-0.1, -0.05) is 41.7 Å². The third-order valence-corrected chi connectivity index (χ3v) is 6.16. The molecule has 1 atom stereocenters. The van der Waals surface area contributed by atoms with Crippen molar-refractivity contribution in [3.63, 3.8) is 0 Å². The van der Waals surface area contributed by atoms with Crippen LogP contribution < -0.4 is 20.5 Å². The molecule has 0 spiro atoms. The standard InChI is InChI=1S/C23H26Cl3N3O2/c1-4-14(27)6-5-8-28-18-12-20(30-3)23(21-13(2)7-9-29-22(18)21)31-19-11-16(25)15(24)10-17(19)26/h7,9-12,14,28H,4-6,8,27H2,1-3H3. The van der Waals surface area contributed by atoms with E-state index in [1.165, 1.54) is 0 Å². The average molecular weight is 483 g/mol. The smallest absolute Gasteiger partial charge is 0.179 e. The predicted molar refractivity (Wildman–Crippen MR) is 131 cm³/mol. The maximum Gasteiger partial charge on any atom is 0.179 e. The number of ether oxygens (including phenoxy) is 2. The summed E-state index contributed by atoms with van der Waals surface area (Å²) >= 11 is 18.6. The van der Waals surface area contributed by atoms with Gasteiger partial charge in [0, 0.05) is 30.9 Å². The highest BCUT2D eigenvalue weighted by Crippen LogP contribution is 2.45. The largest absolute Gasteiger partial charge is 0.493 e. The Kier molecular flexibility index (Phi) is 8.11. The molecule has 0 aliphatic rings. The van der Waals surface area contributed by atoms with E-state index < -0.39 is 0 Å². The van der Waals surface area contributed by atoms with Gasteiger partial charge >= 0.3 is 0 Å². The summed E-state index contributed by atoms with van der Waals surface area (Å²) in [5, 5.41) is 5.36. The summed E-state index contributed by atoms with van der Waals surface area (Å²) in [4.78, 5) is 4.60. The monoisotopic (exact) mass is 481 g/mol. The zero-order chi connectivity index (χ0) is 22.5. The molecule has 0 aliphatic carbocycles. The first-order valence-corrected chi connectivity index (χ1v) is 11.3. The molecule has 0 bridgehead atoms. The molecule has 5 nitrogen and oxygen atoms in total. The van der Waals surface area contributed by atoms with Crippen molar-refractivity contribution in [2.24, 2.45) is 5.73 Å². The third-order valence-electron chi connectivity index (χ3n) is 5.14. The Bertz CT molecular complexity index is 1080. The number of anilines is 1. The van der Waals surface area contributed by atoms with Gasteiger partial charge < -0.3 is 20.5 Å². The van der Waals surface area contributed by atoms with Crippen molar-refractivity contribution in [1.82, 2.24) is 4.98 Å². The summed E-state index contributed by atoms with van der Waals surface area (Å²) in [5.41, 5.74) is 8.67. The normalized spacial score (nSPS) is 12.1. The molecule has 31 heavy (non-hydrogen) atoms. The van der Waals surface area contributed by atoms with Crippen LogP contribution in [0.2, 0.25) is 15.1 Å². The van der Waals surface area contributed by atoms with Gasteiger partial charge in [0.15, 0.2) is 11.5 Å². The molecule has 1 unspecified atom stereocenters. The molecule has 0 fully saturated rings. The number of fused-ring (bicyclic) bond motifs is 1. The first-order chi connectivity index (χ1) is 14.8. The van der Waals surface area contributed by atoms with Crippen molar-refractivity contribution in [2.75, 3.05) is 19.0 Å². The van der Waals surface area contributed by atoms with E-state index in [9.17, 15) is 0 Å². The molecule has 1 heterocycles. The van der Waals surface area contributed by atoms with Gasteiger partial charge in [0.05, 0.1) is 38.8 Å². The number of hydrogen-bond donors (Lipinski definition) is 2. The lowest BCUT2D eigenvalue weighted by molar-refractivity contribution is 0.381. The highest BCUT2D eigenvalue weighted by atomic mass is 35.5. The fourth-order valence-electron chi connectivity index (χ4n) is 3.31. The maximum absolute atomic E-state index is 6.34. The van der Waals surface area contributed by atoms with Gasteiger partial charge in [0.25, 0.3) is 0 Å². The highest BCUT2D eigenvalue weighted by Gasteiger charge is 2.19. The number of nitrogens with one attached hydrogen (secondary N) is 1. The van der Waals surface area contributed by atoms with Gasteiger partial charge in [-0.2, -0.15) is 0 Å². The van der Waals surface area contributed by atoms with Crippen molar-refractivity contribution in [1.29, 1.82) is 0 Å². The van der Waals surface area contributed by atoms with Crippen LogP contribution in [0.1, 0.15) is 31.7 Å². The molecule has 3 aromatic rings. The minimum absolute atomic E-state index is 0.222. The Hall–Kier alpha value is -1.92. The van der Waals surface area contributed by atoms with Crippen LogP contribution in [-0.2, 0) is 0 Å². The number of hydrogen-bond acceptors (Lipinski definition) is 5. The van der Waals surface area contributed by atoms with Gasteiger partial charge in [0.2, 0.25) is 0 Å². The summed E-state index contributed by atoms with van der Waals surface area (Å²) in [6, 6.07) is 7.17. The Morgan fingerprint density at radius 1 is 1.10 bits per heavy atom. The topological polar surface area (TPSA) is 69.4 Å². The molecule has 3 rings (SSSR count). The van der Waals surface area contributed by atoms with E-state index in [-0.39, 0.29) is 6.04 Å². The Balaban J connectivity index is 2.02. The predicted octanol–water partition coefficient (Wildman–Crippen LogP) is 7.23. The number of methoxy groups -OCH3 is 1. The van der Waals surface area contributed by atoms with Crippen molar-refractivity contribution >= 4 is 51.4 Å². The molecule has 0 saturated carbocycles. The van der Waals surface area contributed by atoms with Crippen LogP contribution in [0.15, 0.2) is 30.5 Å². The molecular formula is C23H26Cl3N3O2. The Morgan fingerprint density at radius 3 is 2.55 bits per heavy atom. The van der Waals surface area contributed by atoms with Gasteiger partial charge in [-0.15, -0.1) is 0 Å². The lowest BCUT2D eigenvalue weighted by Gasteiger charge is -2.19. The fourth-order valence-corrected chi connectivity index (χ4v) is 3.88. The number of rotatable bonds is 9. The van der Waals surface area contributed by atoms with Crippen molar-refractivity contribution in [3.05, 3.63) is 51.1 Å². The number of halogens is 3. The molecule has 3 N–H and O–H groups in total. The molecule has 166 valence electrons. The third kappa shape index (κ3) is 5.47. The molecule has 0 saturated heterocycles. The lowest BCUT2D eigenvalue weighted by Crippen LogP contribution is -2.19. The van der Waals surface area contributed by atoms with Crippen LogP contribution in [0.25, 0.3) is 10.9 Å². The summed E-state index contributed by atoms with van der Waals surface area (Å²) in [5.74, 6) is 1.45. The van der Waals surface area contributed by atoms with Crippen molar-refractivity contribution in [3.8, 4) is 17.2 Å². The second kappa shape index (κ2) is 10.6. The number of benzene rings is 2. The van der Waals surface area contributed by atoms with E-state index in [2.05, 4.69) is 17.2 Å². The summed E-state index contributed by atoms with van der Waals surface area (Å²) in [7, 11) is 1.60. The molecule has 0 aliphatic heterocycles. The van der Waals surface area contributed by atoms with Crippen LogP contribution in [-0.4, -0.2) is 24.7 Å². The summed E-state index contributed by atoms with van der Waals surface area (Å²) in [6.45, 7) is 4.87. The molecule has 2 aromatic carbocycles. The van der Waals surface area contributed by atoms with E-state index >= 15 is 0 Å². The molecule has 0 radical (unpaired) electrons. The van der Waals surface area contributed by atoms with Gasteiger partial charge in [-0.25, -0.2) is 0 Å². The molecule has 8 heteroatoms. The van der Waals surface area contributed by atoms with E-state index in [0.717, 1.165) is 48.0 Å². The molecule has 0 amide bonds. The molecular weight excluding hydrogens is 457 g/mol. The maximum atomic E-state index is 6.34. The number of aromatic nitrogens is 1. The first kappa shape index (κ1) is 23.7. The zero-order valence-electron chi connectivity index (χ0n) is 17.8. The fraction of sp³-hybridized carbons (Fsp3) is 0.348. The molecule has 1 aromatic heterocycles. The minimum Gasteiger partial charge on any atom is -0.493 e. The second-order valence-electron chi connectivity index (χ2n) is 7.34. The van der Waals surface area contributed by atoms with Crippen LogP contribution >= 0.6 is 34.8 Å². The van der Waals surface area contributed by atoms with Crippen LogP contribution in [0.5, 0.6) is 17.2 Å². The summed E-state index contributed by atoms with van der Waals surface area (Å²) < 4.78 is 11.9. The second-order valence-corrected chi connectivity index (χ2v) is 8.56. The van der Waals surface area contributed by atoms with E-state index in [4.69, 9.17) is 50.0 Å². The quantitative estimate of drug-likeness (QED) is 0.248. The van der Waals surface area contributed by atoms with Gasteiger partial charge in [-0.05, 0) is 43.9 Å². The average Bonchev–Trinajstić information content (AvgIpc) is 2.75. The van der Waals surface area contributed by atoms with Crippen LogP contribution in [0.4, 0.5) is 5.69 Å². The van der Waals surface area contributed by atoms with Gasteiger partial charge in [-0.3, -0.25) is 4.98 Å². The summed E-state index contributed by atoms with van der Waals surface area (Å²) in [6.07, 6.45) is 4.67. The van der Waals surface area contributed by atoms with Gasteiger partial charge in [0.1, 0.15) is 5.75 Å². The van der Waals surface area contributed by atoms with Crippen molar-refractivity contribution in [2.45, 2.75) is 39.2 Å². The number of nitrogens with two attached hydrogens (primary N) is 1. The Morgan fingerprint density at radius 2 is 1.84 bits per heavy atom. The SMILES string of the molecule is CCC(N)CCCNc1cc(OC)c(Oc2cc(Cl)c(Cl)cc2Cl)c2c(C)ccnc12. The first-order valence-electron chi connectivity index (χ1n) is 10.1. The number of nitrogens with zero attached hydrogens (tertiary/aromatic N) is 1. The lowest BCUT2D eigenvalue weighted by atomic mass is 10.1. The van der Waals surface area contributed by atoms with Crippen LogP contribution in [0.3, 0.4) is 0 Å². The van der Waals surface area contributed by atoms with Crippen LogP contribution in [0, 0.1) is 6.92 Å². The number of pyridine rings is 1. The van der Waals surface area contributed by atoms with E-state index in [0.29, 0.717) is 32.3 Å². The highest BCUT2D eigenvalue weighted by molar-refractivity contribution is 6.43.